The first kappa shape index (κ1) is 15.2. The van der Waals surface area contributed by atoms with Crippen LogP contribution in [0.25, 0.3) is 0 Å². The zero-order valence-electron chi connectivity index (χ0n) is 11.9. The summed E-state index contributed by atoms with van der Waals surface area (Å²) in [5.74, 6) is 0.0554. The number of aryl methyl sites for hydroxylation is 1. The van der Waals surface area contributed by atoms with Gasteiger partial charge in [-0.05, 0) is 20.8 Å². The molecule has 4 heteroatoms. The van der Waals surface area contributed by atoms with Gasteiger partial charge in [0.2, 0.25) is 0 Å². The third-order valence-electron chi connectivity index (χ3n) is 3.05. The third kappa shape index (κ3) is 4.73. The van der Waals surface area contributed by atoms with Crippen molar-refractivity contribution in [1.29, 1.82) is 0 Å². The van der Waals surface area contributed by atoms with Gasteiger partial charge in [-0.25, -0.2) is 4.79 Å². The fraction of sp³-hybridized carbons (Fsp3) is 0.467. The van der Waals surface area contributed by atoms with E-state index in [-0.39, 0.29) is 11.8 Å². The second-order valence-electron chi connectivity index (χ2n) is 4.44. The highest BCUT2D eigenvalue weighted by atomic mass is 16.2. The van der Waals surface area contributed by atoms with E-state index in [1.165, 1.54) is 0 Å². The lowest BCUT2D eigenvalue weighted by atomic mass is 10.1. The minimum atomic E-state index is -0.110. The summed E-state index contributed by atoms with van der Waals surface area (Å²) in [7, 11) is 0. The second kappa shape index (κ2) is 7.56. The summed E-state index contributed by atoms with van der Waals surface area (Å²) in [5.41, 5.74) is 1.83. The molecular weight excluding hydrogens is 240 g/mol. The molecule has 2 amide bonds. The van der Waals surface area contributed by atoms with Gasteiger partial charge >= 0.3 is 6.03 Å². The van der Waals surface area contributed by atoms with Crippen molar-refractivity contribution in [2.75, 3.05) is 19.6 Å². The predicted octanol–water partition coefficient (Wildman–Crippen LogP) is 2.62. The maximum atomic E-state index is 11.9. The highest BCUT2D eigenvalue weighted by Gasteiger charge is 2.10. The number of hydrogen-bond acceptors (Lipinski definition) is 2. The normalized spacial score (nSPS) is 10.1. The molecule has 19 heavy (non-hydrogen) atoms. The Morgan fingerprint density at radius 2 is 1.68 bits per heavy atom. The van der Waals surface area contributed by atoms with E-state index in [9.17, 15) is 9.59 Å². The van der Waals surface area contributed by atoms with Crippen LogP contribution in [0.4, 0.5) is 4.79 Å². The van der Waals surface area contributed by atoms with Crippen molar-refractivity contribution in [3.63, 3.8) is 0 Å². The number of hydrogen-bond donors (Lipinski definition) is 1. The van der Waals surface area contributed by atoms with Gasteiger partial charge in [-0.15, -0.1) is 0 Å². The zero-order chi connectivity index (χ0) is 14.3. The molecule has 0 unspecified atom stereocenters. The minimum absolute atomic E-state index is 0.0554. The number of nitrogens with one attached hydrogen (secondary N) is 1. The number of amides is 2. The number of rotatable bonds is 6. The van der Waals surface area contributed by atoms with Crippen LogP contribution in [-0.4, -0.2) is 36.3 Å². The Morgan fingerprint density at radius 1 is 1.11 bits per heavy atom. The smallest absolute Gasteiger partial charge is 0.317 e. The Bertz CT molecular complexity index is 422. The van der Waals surface area contributed by atoms with Crippen LogP contribution in [0.3, 0.4) is 0 Å². The molecule has 0 fully saturated rings. The predicted molar refractivity (Wildman–Crippen MR) is 76.4 cm³/mol. The molecule has 0 aliphatic carbocycles. The Morgan fingerprint density at radius 3 is 2.21 bits per heavy atom. The summed E-state index contributed by atoms with van der Waals surface area (Å²) in [6, 6.07) is 7.37. The van der Waals surface area contributed by atoms with E-state index < -0.39 is 0 Å². The van der Waals surface area contributed by atoms with Gasteiger partial charge in [-0.3, -0.25) is 4.79 Å². The Kier molecular flexibility index (Phi) is 6.06. The Hall–Kier alpha value is -1.84. The quantitative estimate of drug-likeness (QED) is 0.801. The number of nitrogens with zero attached hydrogens (tertiary/aromatic N) is 1. The average Bonchev–Trinajstić information content (AvgIpc) is 2.40. The molecule has 0 aromatic heterocycles. The lowest BCUT2D eigenvalue weighted by molar-refractivity contribution is 0.0983. The van der Waals surface area contributed by atoms with Gasteiger partial charge in [-0.2, -0.15) is 0 Å². The zero-order valence-corrected chi connectivity index (χ0v) is 11.9. The highest BCUT2D eigenvalue weighted by molar-refractivity contribution is 5.96. The SMILES string of the molecule is CCN(CC)C(=O)NCCC(=O)c1ccc(C)cc1. The van der Waals surface area contributed by atoms with Crippen molar-refractivity contribution < 1.29 is 9.59 Å². The molecule has 1 N–H and O–H groups in total. The first-order valence-electron chi connectivity index (χ1n) is 6.71. The van der Waals surface area contributed by atoms with Crippen LogP contribution in [0.15, 0.2) is 24.3 Å². The Balaban J connectivity index is 2.39. The molecule has 0 saturated carbocycles. The lowest BCUT2D eigenvalue weighted by Gasteiger charge is -2.18. The van der Waals surface area contributed by atoms with Crippen molar-refractivity contribution >= 4 is 11.8 Å². The number of ketones is 1. The minimum Gasteiger partial charge on any atom is -0.338 e. The molecule has 0 aliphatic rings. The maximum Gasteiger partial charge on any atom is 0.317 e. The number of Topliss-reactive ketones (excluding diaryl/α,β-unsaturated/α-hetero) is 1. The summed E-state index contributed by atoms with van der Waals surface area (Å²) in [4.78, 5) is 25.2. The molecule has 0 spiro atoms. The molecule has 0 atom stereocenters. The summed E-state index contributed by atoms with van der Waals surface area (Å²) in [6.45, 7) is 7.57. The fourth-order valence-electron chi connectivity index (χ4n) is 1.79. The molecule has 4 nitrogen and oxygen atoms in total. The third-order valence-corrected chi connectivity index (χ3v) is 3.05. The van der Waals surface area contributed by atoms with Crippen LogP contribution in [0, 0.1) is 6.92 Å². The topological polar surface area (TPSA) is 49.4 Å². The summed E-state index contributed by atoms with van der Waals surface area (Å²) >= 11 is 0. The molecule has 0 aliphatic heterocycles. The molecule has 1 aromatic carbocycles. The van der Waals surface area contributed by atoms with E-state index >= 15 is 0 Å². The van der Waals surface area contributed by atoms with E-state index in [0.717, 1.165) is 5.56 Å². The van der Waals surface area contributed by atoms with Crippen molar-refractivity contribution in [2.24, 2.45) is 0 Å². The molecule has 0 saturated heterocycles. The lowest BCUT2D eigenvalue weighted by Crippen LogP contribution is -2.40. The molecule has 0 bridgehead atoms. The monoisotopic (exact) mass is 262 g/mol. The highest BCUT2D eigenvalue weighted by Crippen LogP contribution is 2.05. The molecule has 1 aromatic rings. The van der Waals surface area contributed by atoms with Gasteiger partial charge in [0, 0.05) is 31.6 Å². The fourth-order valence-corrected chi connectivity index (χ4v) is 1.79. The van der Waals surface area contributed by atoms with Crippen molar-refractivity contribution in [3.8, 4) is 0 Å². The van der Waals surface area contributed by atoms with Gasteiger partial charge in [0.1, 0.15) is 0 Å². The maximum absolute atomic E-state index is 11.9. The summed E-state index contributed by atoms with van der Waals surface area (Å²) in [6.07, 6.45) is 0.329. The van der Waals surface area contributed by atoms with Gasteiger partial charge in [0.15, 0.2) is 5.78 Å². The molecule has 0 radical (unpaired) electrons. The number of urea groups is 1. The van der Waals surface area contributed by atoms with Gasteiger partial charge in [-0.1, -0.05) is 29.8 Å². The van der Waals surface area contributed by atoms with E-state index in [2.05, 4.69) is 5.32 Å². The van der Waals surface area contributed by atoms with Gasteiger partial charge in [0.05, 0.1) is 0 Å². The van der Waals surface area contributed by atoms with Gasteiger partial charge in [0.25, 0.3) is 0 Å². The van der Waals surface area contributed by atoms with E-state index in [1.54, 1.807) is 4.90 Å². The number of carbonyl (C=O) groups is 2. The van der Waals surface area contributed by atoms with Crippen molar-refractivity contribution in [2.45, 2.75) is 27.2 Å². The number of benzene rings is 1. The van der Waals surface area contributed by atoms with E-state index in [1.807, 2.05) is 45.0 Å². The van der Waals surface area contributed by atoms with Crippen LogP contribution < -0.4 is 5.32 Å². The molecular formula is C15H22N2O2. The molecule has 1 rings (SSSR count). The van der Waals surface area contributed by atoms with Crippen molar-refractivity contribution in [1.82, 2.24) is 10.2 Å². The van der Waals surface area contributed by atoms with Crippen LogP contribution in [0.5, 0.6) is 0 Å². The average molecular weight is 262 g/mol. The number of carbonyl (C=O) groups excluding carboxylic acids is 2. The molecule has 104 valence electrons. The Labute approximate surface area is 114 Å². The second-order valence-corrected chi connectivity index (χ2v) is 4.44. The van der Waals surface area contributed by atoms with Gasteiger partial charge < -0.3 is 10.2 Å². The molecule has 0 heterocycles. The standard InChI is InChI=1S/C15H22N2O2/c1-4-17(5-2)15(19)16-11-10-14(18)13-8-6-12(3)7-9-13/h6-9H,4-5,10-11H2,1-3H3,(H,16,19). The first-order chi connectivity index (χ1) is 9.08. The van der Waals surface area contributed by atoms with Crippen LogP contribution in [0.1, 0.15) is 36.2 Å². The van der Waals surface area contributed by atoms with E-state index in [0.29, 0.717) is 31.6 Å². The first-order valence-corrected chi connectivity index (χ1v) is 6.71. The van der Waals surface area contributed by atoms with Crippen molar-refractivity contribution in [3.05, 3.63) is 35.4 Å². The summed E-state index contributed by atoms with van der Waals surface area (Å²) < 4.78 is 0. The van der Waals surface area contributed by atoms with Crippen LogP contribution in [-0.2, 0) is 0 Å². The van der Waals surface area contributed by atoms with E-state index in [4.69, 9.17) is 0 Å². The van der Waals surface area contributed by atoms with Crippen LogP contribution in [0.2, 0.25) is 0 Å². The largest absolute Gasteiger partial charge is 0.338 e. The summed E-state index contributed by atoms with van der Waals surface area (Å²) in [5, 5.41) is 2.76. The van der Waals surface area contributed by atoms with Crippen LogP contribution >= 0.6 is 0 Å².